The Morgan fingerprint density at radius 3 is 2.90 bits per heavy atom. The van der Waals surface area contributed by atoms with Gasteiger partial charge in [0.1, 0.15) is 11.4 Å². The number of anilines is 1. The molecule has 3 rings (SSSR count). The van der Waals surface area contributed by atoms with Gasteiger partial charge in [0.05, 0.1) is 23.9 Å². The number of pyridine rings is 1. The zero-order valence-electron chi connectivity index (χ0n) is 17.9. The van der Waals surface area contributed by atoms with Crippen molar-refractivity contribution in [2.24, 2.45) is 11.7 Å². The maximum Gasteiger partial charge on any atom is 0.258 e. The fourth-order valence-corrected chi connectivity index (χ4v) is 3.99. The number of rotatable bonds is 10. The van der Waals surface area contributed by atoms with Crippen LogP contribution in [0.1, 0.15) is 78.8 Å². The summed E-state index contributed by atoms with van der Waals surface area (Å²) in [7, 11) is 0. The van der Waals surface area contributed by atoms with Gasteiger partial charge in [-0.05, 0) is 31.6 Å². The zero-order valence-corrected chi connectivity index (χ0v) is 17.9. The number of fused-ring (bicyclic) bond motifs is 1. The number of nitrogens with two attached hydrogens (primary N) is 1. The van der Waals surface area contributed by atoms with E-state index >= 15 is 0 Å². The lowest BCUT2D eigenvalue weighted by Crippen LogP contribution is -2.25. The largest absolute Gasteiger partial charge is 0.491 e. The molecule has 0 fully saturated rings. The van der Waals surface area contributed by atoms with Gasteiger partial charge >= 0.3 is 0 Å². The van der Waals surface area contributed by atoms with E-state index in [4.69, 9.17) is 10.5 Å². The monoisotopic (exact) mass is 412 g/mol. The van der Waals surface area contributed by atoms with Gasteiger partial charge in [0, 0.05) is 36.6 Å². The number of ketones is 1. The van der Waals surface area contributed by atoms with Crippen molar-refractivity contribution in [2.45, 2.75) is 64.8 Å². The van der Waals surface area contributed by atoms with Crippen molar-refractivity contribution >= 4 is 17.4 Å². The minimum Gasteiger partial charge on any atom is -0.491 e. The molecule has 1 aliphatic carbocycles. The molecule has 7 heteroatoms. The molecule has 1 aliphatic rings. The van der Waals surface area contributed by atoms with Gasteiger partial charge in [-0.25, -0.2) is 0 Å². The van der Waals surface area contributed by atoms with Crippen LogP contribution in [0.15, 0.2) is 24.7 Å². The van der Waals surface area contributed by atoms with Crippen LogP contribution >= 0.6 is 0 Å². The highest BCUT2D eigenvalue weighted by molar-refractivity contribution is 6.13. The number of H-pyrrole nitrogens is 1. The summed E-state index contributed by atoms with van der Waals surface area (Å²) < 4.78 is 5.90. The lowest BCUT2D eigenvalue weighted by Gasteiger charge is -2.19. The third kappa shape index (κ3) is 5.27. The number of hydrogen-bond acceptors (Lipinski definition) is 5. The highest BCUT2D eigenvalue weighted by atomic mass is 16.5. The number of carbonyl (C=O) groups is 2. The predicted octanol–water partition coefficient (Wildman–Crippen LogP) is 4.10. The van der Waals surface area contributed by atoms with Crippen LogP contribution in [0, 0.1) is 5.92 Å². The van der Waals surface area contributed by atoms with Gasteiger partial charge in [0.15, 0.2) is 5.78 Å². The molecule has 0 aliphatic heterocycles. The number of aromatic amines is 1. The van der Waals surface area contributed by atoms with E-state index in [-0.39, 0.29) is 17.7 Å². The number of carbonyl (C=O) groups excluding carboxylic acids is 2. The summed E-state index contributed by atoms with van der Waals surface area (Å²) in [5.74, 6) is 0.859. The zero-order chi connectivity index (χ0) is 21.5. The number of Topliss-reactive ketones (excluding diaryl/α,β-unsaturated/α-hetero) is 1. The molecule has 7 nitrogen and oxygen atoms in total. The normalized spacial score (nSPS) is 14.5. The molecule has 1 atom stereocenters. The van der Waals surface area contributed by atoms with Crippen molar-refractivity contribution in [1.29, 1.82) is 0 Å². The van der Waals surface area contributed by atoms with Crippen molar-refractivity contribution in [3.8, 4) is 5.75 Å². The molecule has 0 spiro atoms. The van der Waals surface area contributed by atoms with E-state index in [0.717, 1.165) is 44.2 Å². The number of amides is 1. The molecule has 4 N–H and O–H groups in total. The van der Waals surface area contributed by atoms with E-state index in [1.807, 2.05) is 0 Å². The van der Waals surface area contributed by atoms with Crippen LogP contribution in [0.25, 0.3) is 0 Å². The summed E-state index contributed by atoms with van der Waals surface area (Å²) in [6.45, 7) is 4.85. The first-order chi connectivity index (χ1) is 14.5. The Kier molecular flexibility index (Phi) is 7.63. The number of aryl methyl sites for hydroxylation is 1. The van der Waals surface area contributed by atoms with E-state index in [9.17, 15) is 9.59 Å². The molecular weight excluding hydrogens is 380 g/mol. The molecule has 0 aromatic carbocycles. The summed E-state index contributed by atoms with van der Waals surface area (Å²) in [6, 6.07) is 1.81. The Morgan fingerprint density at radius 2 is 2.13 bits per heavy atom. The molecule has 1 amide bonds. The van der Waals surface area contributed by atoms with E-state index < -0.39 is 0 Å². The average Bonchev–Trinajstić information content (AvgIpc) is 3.19. The third-order valence-corrected chi connectivity index (χ3v) is 5.88. The molecule has 0 saturated carbocycles. The summed E-state index contributed by atoms with van der Waals surface area (Å²) >= 11 is 0. The van der Waals surface area contributed by atoms with Gasteiger partial charge in [-0.3, -0.25) is 14.6 Å². The quantitative estimate of drug-likeness (QED) is 0.544. The van der Waals surface area contributed by atoms with E-state index in [2.05, 4.69) is 29.1 Å². The minimum absolute atomic E-state index is 0.0109. The van der Waals surface area contributed by atoms with Crippen LogP contribution in [0.4, 0.5) is 5.69 Å². The second kappa shape index (κ2) is 10.4. The second-order valence-corrected chi connectivity index (χ2v) is 7.97. The molecule has 0 radical (unpaired) electrons. The molecule has 30 heavy (non-hydrogen) atoms. The smallest absolute Gasteiger partial charge is 0.258 e. The lowest BCUT2D eigenvalue weighted by molar-refractivity contribution is 0.0956. The standard InChI is InChI=1S/C23H32N4O3/c1-3-15(4-2)12-16(24)9-11-30-21-8-10-25-14-19(21)27-23(29)17-13-26-18-6-5-7-20(28)22(17)18/h8,10,13-16,26H,3-7,9,11-12,24H2,1-2H3,(H,27,29). The average molecular weight is 413 g/mol. The summed E-state index contributed by atoms with van der Waals surface area (Å²) in [4.78, 5) is 32.3. The van der Waals surface area contributed by atoms with Crippen molar-refractivity contribution in [1.82, 2.24) is 9.97 Å². The number of aromatic nitrogens is 2. The second-order valence-electron chi connectivity index (χ2n) is 7.97. The maximum absolute atomic E-state index is 12.8. The SMILES string of the molecule is CCC(CC)CC(N)CCOc1ccncc1NC(=O)c1c[nH]c2c1C(=O)CCC2. The van der Waals surface area contributed by atoms with E-state index in [1.54, 1.807) is 24.7 Å². The number of nitrogens with one attached hydrogen (secondary N) is 2. The van der Waals surface area contributed by atoms with Gasteiger partial charge < -0.3 is 20.8 Å². The molecule has 0 saturated heterocycles. The van der Waals surface area contributed by atoms with E-state index in [0.29, 0.717) is 41.5 Å². The molecule has 2 aromatic heterocycles. The Labute approximate surface area is 177 Å². The Hall–Kier alpha value is -2.67. The highest BCUT2D eigenvalue weighted by Gasteiger charge is 2.26. The summed E-state index contributed by atoms with van der Waals surface area (Å²) in [5, 5.41) is 2.84. The Bertz CT molecular complexity index is 873. The van der Waals surface area contributed by atoms with Gasteiger partial charge in [0.2, 0.25) is 0 Å². The Balaban J connectivity index is 1.61. The maximum atomic E-state index is 12.8. The van der Waals surface area contributed by atoms with Crippen molar-refractivity contribution < 1.29 is 14.3 Å². The third-order valence-electron chi connectivity index (χ3n) is 5.88. The fraction of sp³-hybridized carbons (Fsp3) is 0.522. The van der Waals surface area contributed by atoms with Crippen LogP contribution in [0.2, 0.25) is 0 Å². The highest BCUT2D eigenvalue weighted by Crippen LogP contribution is 2.27. The van der Waals surface area contributed by atoms with Crippen LogP contribution in [-0.4, -0.2) is 34.3 Å². The van der Waals surface area contributed by atoms with E-state index in [1.165, 1.54) is 0 Å². The molecule has 2 heterocycles. The first-order valence-electron chi connectivity index (χ1n) is 10.9. The van der Waals surface area contributed by atoms with Crippen molar-refractivity contribution in [2.75, 3.05) is 11.9 Å². The predicted molar refractivity (Wildman–Crippen MR) is 117 cm³/mol. The van der Waals surface area contributed by atoms with Crippen molar-refractivity contribution in [3.63, 3.8) is 0 Å². The minimum atomic E-state index is -0.342. The summed E-state index contributed by atoms with van der Waals surface area (Å²) in [6.07, 6.45) is 10.9. The topological polar surface area (TPSA) is 110 Å². The molecule has 2 aromatic rings. The van der Waals surface area contributed by atoms with Gasteiger partial charge in [-0.15, -0.1) is 0 Å². The number of hydrogen-bond donors (Lipinski definition) is 3. The van der Waals surface area contributed by atoms with Gasteiger partial charge in [-0.2, -0.15) is 0 Å². The summed E-state index contributed by atoms with van der Waals surface area (Å²) in [5.41, 5.74) is 8.46. The number of ether oxygens (including phenoxy) is 1. The molecule has 1 unspecified atom stereocenters. The first kappa shape index (κ1) is 22.0. The van der Waals surface area contributed by atoms with Gasteiger partial charge in [-0.1, -0.05) is 26.7 Å². The Morgan fingerprint density at radius 1 is 1.33 bits per heavy atom. The number of nitrogens with zero attached hydrogens (tertiary/aromatic N) is 1. The van der Waals surface area contributed by atoms with Gasteiger partial charge in [0.25, 0.3) is 5.91 Å². The van der Waals surface area contributed by atoms with Crippen LogP contribution in [0.3, 0.4) is 0 Å². The first-order valence-corrected chi connectivity index (χ1v) is 10.9. The lowest BCUT2D eigenvalue weighted by atomic mass is 9.93. The van der Waals surface area contributed by atoms with Crippen LogP contribution in [0.5, 0.6) is 5.75 Å². The molecule has 162 valence electrons. The molecule has 0 bridgehead atoms. The molecular formula is C23H32N4O3. The van der Waals surface area contributed by atoms with Crippen LogP contribution in [-0.2, 0) is 6.42 Å². The van der Waals surface area contributed by atoms with Crippen molar-refractivity contribution in [3.05, 3.63) is 41.5 Å². The van der Waals surface area contributed by atoms with Crippen LogP contribution < -0.4 is 15.8 Å². The fourth-order valence-electron chi connectivity index (χ4n) is 3.99.